The molecule has 2 aromatic heterocycles. The lowest BCUT2D eigenvalue weighted by Crippen LogP contribution is -2.52. The van der Waals surface area contributed by atoms with Gasteiger partial charge in [0, 0.05) is 50.5 Å². The Balaban J connectivity index is 1.38. The molecule has 0 aliphatic carbocycles. The number of fused-ring (bicyclic) bond motifs is 1. The second kappa shape index (κ2) is 7.33. The normalized spacial score (nSPS) is 21.3. The second-order valence-electron chi connectivity index (χ2n) is 6.87. The summed E-state index contributed by atoms with van der Waals surface area (Å²) < 4.78 is 0. The topological polar surface area (TPSA) is 87.1 Å². The Kier molecular flexibility index (Phi) is 4.75. The highest BCUT2D eigenvalue weighted by Gasteiger charge is 2.32. The van der Waals surface area contributed by atoms with Gasteiger partial charge in [0.15, 0.2) is 0 Å². The van der Waals surface area contributed by atoms with Crippen molar-refractivity contribution in [1.82, 2.24) is 29.7 Å². The minimum Gasteiger partial charge on any atom is -0.346 e. The number of hydrogen-bond donors (Lipinski definition) is 1. The second-order valence-corrected chi connectivity index (χ2v) is 6.87. The number of aromatic nitrogens is 4. The fourth-order valence-corrected chi connectivity index (χ4v) is 3.67. The molecule has 2 aromatic rings. The molecule has 8 heteroatoms. The van der Waals surface area contributed by atoms with Crippen LogP contribution < -0.4 is 5.32 Å². The Morgan fingerprint density at radius 2 is 2.00 bits per heavy atom. The molecule has 2 aliphatic heterocycles. The first-order valence-corrected chi connectivity index (χ1v) is 9.08. The Bertz CT molecular complexity index is 752. The Morgan fingerprint density at radius 3 is 2.77 bits per heavy atom. The van der Waals surface area contributed by atoms with E-state index in [9.17, 15) is 4.79 Å². The van der Waals surface area contributed by atoms with Crippen molar-refractivity contribution in [2.45, 2.75) is 31.8 Å². The lowest BCUT2D eigenvalue weighted by Gasteiger charge is -2.37. The Hall–Kier alpha value is -2.61. The SMILES string of the molecule is C[C@H](Nc1ncc(C(=O)N2CCN3CCC[C@H]3C2)cn1)c1cnccn1. The van der Waals surface area contributed by atoms with Gasteiger partial charge < -0.3 is 10.2 Å². The molecular weight excluding hydrogens is 330 g/mol. The van der Waals surface area contributed by atoms with Crippen molar-refractivity contribution >= 4 is 11.9 Å². The van der Waals surface area contributed by atoms with Gasteiger partial charge in [0.1, 0.15) is 0 Å². The summed E-state index contributed by atoms with van der Waals surface area (Å²) in [6.45, 7) is 5.68. The first-order chi connectivity index (χ1) is 12.7. The van der Waals surface area contributed by atoms with E-state index in [0.717, 1.165) is 25.3 Å². The van der Waals surface area contributed by atoms with Crippen LogP contribution in [0.4, 0.5) is 5.95 Å². The number of nitrogens with one attached hydrogen (secondary N) is 1. The van der Waals surface area contributed by atoms with Crippen molar-refractivity contribution in [2.75, 3.05) is 31.5 Å². The van der Waals surface area contributed by atoms with E-state index in [1.165, 1.54) is 19.4 Å². The summed E-state index contributed by atoms with van der Waals surface area (Å²) in [7, 11) is 0. The highest BCUT2D eigenvalue weighted by Crippen LogP contribution is 2.22. The third-order valence-electron chi connectivity index (χ3n) is 5.15. The molecule has 0 spiro atoms. The van der Waals surface area contributed by atoms with Gasteiger partial charge in [-0.3, -0.25) is 19.7 Å². The summed E-state index contributed by atoms with van der Waals surface area (Å²) in [5.74, 6) is 0.491. The van der Waals surface area contributed by atoms with E-state index in [4.69, 9.17) is 0 Å². The molecule has 1 amide bonds. The summed E-state index contributed by atoms with van der Waals surface area (Å²) in [5.41, 5.74) is 1.35. The van der Waals surface area contributed by atoms with Crippen LogP contribution in [0.2, 0.25) is 0 Å². The van der Waals surface area contributed by atoms with E-state index >= 15 is 0 Å². The van der Waals surface area contributed by atoms with Crippen LogP contribution in [-0.4, -0.2) is 67.9 Å². The van der Waals surface area contributed by atoms with E-state index in [-0.39, 0.29) is 11.9 Å². The van der Waals surface area contributed by atoms with Crippen molar-refractivity contribution in [1.29, 1.82) is 0 Å². The molecule has 2 atom stereocenters. The predicted molar refractivity (Wildman–Crippen MR) is 96.6 cm³/mol. The molecule has 8 nitrogen and oxygen atoms in total. The minimum absolute atomic E-state index is 0.0186. The minimum atomic E-state index is -0.0688. The number of amides is 1. The highest BCUT2D eigenvalue weighted by atomic mass is 16.2. The number of anilines is 1. The van der Waals surface area contributed by atoms with Crippen molar-refractivity contribution in [2.24, 2.45) is 0 Å². The summed E-state index contributed by atoms with van der Waals surface area (Å²) in [4.78, 5) is 34.1. The van der Waals surface area contributed by atoms with Crippen LogP contribution in [0.5, 0.6) is 0 Å². The van der Waals surface area contributed by atoms with Crippen LogP contribution in [-0.2, 0) is 0 Å². The van der Waals surface area contributed by atoms with Gasteiger partial charge in [-0.25, -0.2) is 9.97 Å². The van der Waals surface area contributed by atoms with E-state index in [1.807, 2.05) is 11.8 Å². The van der Waals surface area contributed by atoms with Gasteiger partial charge >= 0.3 is 0 Å². The van der Waals surface area contributed by atoms with E-state index in [2.05, 4.69) is 30.2 Å². The quantitative estimate of drug-likeness (QED) is 0.888. The number of piperazine rings is 1. The van der Waals surface area contributed by atoms with E-state index < -0.39 is 0 Å². The van der Waals surface area contributed by atoms with Crippen LogP contribution in [0.1, 0.15) is 41.9 Å². The smallest absolute Gasteiger partial charge is 0.257 e. The van der Waals surface area contributed by atoms with E-state index in [0.29, 0.717) is 17.6 Å². The summed E-state index contributed by atoms with van der Waals surface area (Å²) >= 11 is 0. The van der Waals surface area contributed by atoms with Crippen molar-refractivity contribution < 1.29 is 4.79 Å². The number of nitrogens with zero attached hydrogens (tertiary/aromatic N) is 6. The first-order valence-electron chi connectivity index (χ1n) is 9.08. The fourth-order valence-electron chi connectivity index (χ4n) is 3.67. The predicted octanol–water partition coefficient (Wildman–Crippen LogP) is 1.36. The number of rotatable bonds is 4. The molecule has 2 saturated heterocycles. The zero-order chi connectivity index (χ0) is 17.9. The molecule has 0 saturated carbocycles. The van der Waals surface area contributed by atoms with Gasteiger partial charge in [-0.1, -0.05) is 0 Å². The first kappa shape index (κ1) is 16.8. The lowest BCUT2D eigenvalue weighted by molar-refractivity contribution is 0.0570. The molecular formula is C18H23N7O. The zero-order valence-electron chi connectivity index (χ0n) is 14.9. The van der Waals surface area contributed by atoms with Crippen LogP contribution in [0.15, 0.2) is 31.0 Å². The Morgan fingerprint density at radius 1 is 1.15 bits per heavy atom. The number of carbonyl (C=O) groups excluding carboxylic acids is 1. The van der Waals surface area contributed by atoms with Crippen LogP contribution in [0.3, 0.4) is 0 Å². The third kappa shape index (κ3) is 3.50. The van der Waals surface area contributed by atoms with Crippen molar-refractivity contribution in [3.63, 3.8) is 0 Å². The molecule has 4 rings (SSSR count). The maximum atomic E-state index is 12.7. The fraction of sp³-hybridized carbons (Fsp3) is 0.500. The van der Waals surface area contributed by atoms with E-state index in [1.54, 1.807) is 31.0 Å². The molecule has 2 aliphatic rings. The largest absolute Gasteiger partial charge is 0.346 e. The summed E-state index contributed by atoms with van der Waals surface area (Å²) in [6, 6.07) is 0.447. The number of carbonyl (C=O) groups is 1. The van der Waals surface area contributed by atoms with Gasteiger partial charge in [-0.2, -0.15) is 0 Å². The molecule has 26 heavy (non-hydrogen) atoms. The lowest BCUT2D eigenvalue weighted by atomic mass is 10.1. The number of hydrogen-bond acceptors (Lipinski definition) is 7. The molecule has 0 aromatic carbocycles. The summed E-state index contributed by atoms with van der Waals surface area (Å²) in [5, 5.41) is 3.18. The Labute approximate surface area is 152 Å². The van der Waals surface area contributed by atoms with Crippen LogP contribution in [0.25, 0.3) is 0 Å². The summed E-state index contributed by atoms with van der Waals surface area (Å²) in [6.07, 6.45) is 10.6. The monoisotopic (exact) mass is 353 g/mol. The van der Waals surface area contributed by atoms with Crippen molar-refractivity contribution in [3.05, 3.63) is 42.2 Å². The third-order valence-corrected chi connectivity index (χ3v) is 5.15. The zero-order valence-corrected chi connectivity index (χ0v) is 14.9. The van der Waals surface area contributed by atoms with Gasteiger partial charge in [0.05, 0.1) is 23.5 Å². The average Bonchev–Trinajstić information content (AvgIpc) is 3.16. The molecule has 1 N–H and O–H groups in total. The molecule has 4 heterocycles. The van der Waals surface area contributed by atoms with Crippen molar-refractivity contribution in [3.8, 4) is 0 Å². The maximum Gasteiger partial charge on any atom is 0.257 e. The van der Waals surface area contributed by atoms with Gasteiger partial charge in [0.25, 0.3) is 5.91 Å². The molecule has 0 radical (unpaired) electrons. The van der Waals surface area contributed by atoms with Crippen LogP contribution in [0, 0.1) is 0 Å². The van der Waals surface area contributed by atoms with Gasteiger partial charge in [-0.15, -0.1) is 0 Å². The molecule has 2 fully saturated rings. The molecule has 0 bridgehead atoms. The molecule has 136 valence electrons. The average molecular weight is 353 g/mol. The highest BCUT2D eigenvalue weighted by molar-refractivity contribution is 5.93. The standard InChI is InChI=1S/C18H23N7O/c1-13(16-11-19-4-5-20-16)23-18-21-9-14(10-22-18)17(26)25-8-7-24-6-2-3-15(24)12-25/h4-5,9-11,13,15H,2-3,6-8,12H2,1H3,(H,21,22,23)/t13-,15-/m0/s1. The van der Waals surface area contributed by atoms with Gasteiger partial charge in [0.2, 0.25) is 5.95 Å². The molecule has 0 unspecified atom stereocenters. The van der Waals surface area contributed by atoms with Crippen LogP contribution >= 0.6 is 0 Å². The maximum absolute atomic E-state index is 12.7. The van der Waals surface area contributed by atoms with Gasteiger partial charge in [-0.05, 0) is 26.3 Å².